The molecule has 122 valence electrons. The molecule has 0 aromatic heterocycles. The Balaban J connectivity index is 2.10. The third-order valence-corrected chi connectivity index (χ3v) is 5.13. The minimum absolute atomic E-state index is 0.209. The van der Waals surface area contributed by atoms with Crippen molar-refractivity contribution in [3.63, 3.8) is 0 Å². The topological polar surface area (TPSA) is 66.5 Å². The van der Waals surface area contributed by atoms with Crippen LogP contribution in [0.15, 0.2) is 29.2 Å². The number of amides is 1. The van der Waals surface area contributed by atoms with Gasteiger partial charge in [0.15, 0.2) is 0 Å². The summed E-state index contributed by atoms with van der Waals surface area (Å²) in [5.74, 6) is -3.28. The van der Waals surface area contributed by atoms with Gasteiger partial charge in [0, 0.05) is 18.7 Å². The molecule has 1 unspecified atom stereocenters. The van der Waals surface area contributed by atoms with Crippen molar-refractivity contribution >= 4 is 15.7 Å². The molecule has 0 spiro atoms. The van der Waals surface area contributed by atoms with Gasteiger partial charge >= 0.3 is 5.76 Å². The Labute approximate surface area is 128 Å². The van der Waals surface area contributed by atoms with Gasteiger partial charge in [-0.25, -0.2) is 8.42 Å². The predicted octanol–water partition coefficient (Wildman–Crippen LogP) is 1.36. The molecular weight excluding hydrogens is 314 g/mol. The summed E-state index contributed by atoms with van der Waals surface area (Å²) in [6, 6.07) is 4.66. The van der Waals surface area contributed by atoms with Gasteiger partial charge in [0.2, 0.25) is 9.84 Å². The van der Waals surface area contributed by atoms with E-state index in [-0.39, 0.29) is 5.91 Å². The number of carbonyl (C=O) groups excluding carboxylic acids is 1. The molecule has 1 heterocycles. The normalized spacial score (nSPS) is 18.9. The summed E-state index contributed by atoms with van der Waals surface area (Å²) in [6.45, 7) is 2.11. The van der Waals surface area contributed by atoms with Gasteiger partial charge in [-0.15, -0.1) is 0 Å². The van der Waals surface area contributed by atoms with Crippen LogP contribution in [0.4, 0.5) is 8.78 Å². The first-order valence-corrected chi connectivity index (χ1v) is 8.47. The van der Waals surface area contributed by atoms with Crippen molar-refractivity contribution in [1.29, 1.82) is 0 Å². The van der Waals surface area contributed by atoms with Crippen molar-refractivity contribution in [2.75, 3.05) is 26.7 Å². The van der Waals surface area contributed by atoms with Gasteiger partial charge in [-0.3, -0.25) is 4.79 Å². The summed E-state index contributed by atoms with van der Waals surface area (Å²) in [5.41, 5.74) is 0.304. The van der Waals surface area contributed by atoms with Gasteiger partial charge in [-0.05, 0) is 50.2 Å². The van der Waals surface area contributed by atoms with E-state index in [1.54, 1.807) is 4.90 Å². The van der Waals surface area contributed by atoms with Crippen molar-refractivity contribution in [2.24, 2.45) is 5.92 Å². The van der Waals surface area contributed by atoms with E-state index < -0.39 is 20.5 Å². The lowest BCUT2D eigenvalue weighted by molar-refractivity contribution is 0.0787. The third kappa shape index (κ3) is 3.44. The molecule has 1 aliphatic rings. The molecule has 1 aliphatic heterocycles. The molecule has 1 fully saturated rings. The molecule has 0 bridgehead atoms. The van der Waals surface area contributed by atoms with Gasteiger partial charge in [0.25, 0.3) is 5.91 Å². The zero-order valence-electron chi connectivity index (χ0n) is 12.1. The second-order valence-electron chi connectivity index (χ2n) is 5.29. The maximum atomic E-state index is 12.4. The summed E-state index contributed by atoms with van der Waals surface area (Å²) < 4.78 is 47.6. The Morgan fingerprint density at radius 2 is 2.00 bits per heavy atom. The second-order valence-corrected chi connectivity index (χ2v) is 7.21. The molecule has 22 heavy (non-hydrogen) atoms. The summed E-state index contributed by atoms with van der Waals surface area (Å²) in [6.07, 6.45) is 0.907. The van der Waals surface area contributed by atoms with E-state index in [0.29, 0.717) is 24.6 Å². The van der Waals surface area contributed by atoms with E-state index in [2.05, 4.69) is 5.32 Å². The van der Waals surface area contributed by atoms with Crippen LogP contribution in [-0.2, 0) is 9.84 Å². The minimum atomic E-state index is -4.62. The first kappa shape index (κ1) is 16.8. The lowest BCUT2D eigenvalue weighted by atomic mass is 10.1. The number of likely N-dealkylation sites (tertiary alicyclic amines) is 1. The third-order valence-electron chi connectivity index (χ3n) is 3.73. The van der Waals surface area contributed by atoms with Crippen LogP contribution in [0.2, 0.25) is 0 Å². The molecule has 0 saturated carbocycles. The molecule has 2 rings (SSSR count). The Morgan fingerprint density at radius 1 is 1.36 bits per heavy atom. The highest BCUT2D eigenvalue weighted by molar-refractivity contribution is 7.91. The van der Waals surface area contributed by atoms with Crippen LogP contribution in [0.25, 0.3) is 0 Å². The Kier molecular flexibility index (Phi) is 5.12. The lowest BCUT2D eigenvalue weighted by Gasteiger charge is -2.16. The first-order valence-electron chi connectivity index (χ1n) is 6.92. The predicted molar refractivity (Wildman–Crippen MR) is 77.6 cm³/mol. The number of carbonyl (C=O) groups is 1. The number of sulfone groups is 1. The summed E-state index contributed by atoms with van der Waals surface area (Å²) in [5, 5.41) is 3.07. The average molecular weight is 332 g/mol. The Bertz CT molecular complexity index is 632. The van der Waals surface area contributed by atoms with Crippen LogP contribution >= 0.6 is 0 Å². The highest BCUT2D eigenvalue weighted by Crippen LogP contribution is 2.21. The fraction of sp³-hybridized carbons (Fsp3) is 0.500. The number of hydrogen-bond donors (Lipinski definition) is 1. The Hall–Kier alpha value is -1.54. The number of rotatable bonds is 5. The molecule has 8 heteroatoms. The number of halogens is 2. The number of alkyl halides is 2. The summed E-state index contributed by atoms with van der Waals surface area (Å²) in [7, 11) is -2.77. The first-order chi connectivity index (χ1) is 10.4. The molecule has 1 saturated heterocycles. The van der Waals surface area contributed by atoms with Crippen molar-refractivity contribution in [2.45, 2.75) is 17.1 Å². The zero-order chi connectivity index (χ0) is 16.3. The molecule has 1 atom stereocenters. The van der Waals surface area contributed by atoms with Crippen molar-refractivity contribution < 1.29 is 22.0 Å². The van der Waals surface area contributed by atoms with Crippen LogP contribution in [0.1, 0.15) is 16.8 Å². The van der Waals surface area contributed by atoms with Gasteiger partial charge in [-0.1, -0.05) is 0 Å². The minimum Gasteiger partial charge on any atom is -0.338 e. The average Bonchev–Trinajstić information content (AvgIpc) is 2.95. The fourth-order valence-electron chi connectivity index (χ4n) is 2.55. The van der Waals surface area contributed by atoms with Gasteiger partial charge in [0.05, 0.1) is 4.90 Å². The van der Waals surface area contributed by atoms with Crippen LogP contribution in [0.3, 0.4) is 0 Å². The van der Waals surface area contributed by atoms with Crippen LogP contribution < -0.4 is 5.32 Å². The molecule has 1 aromatic rings. The number of benzene rings is 1. The van der Waals surface area contributed by atoms with Crippen LogP contribution in [0.5, 0.6) is 0 Å². The Morgan fingerprint density at radius 3 is 2.55 bits per heavy atom. The van der Waals surface area contributed by atoms with Gasteiger partial charge in [-0.2, -0.15) is 8.78 Å². The molecule has 0 aliphatic carbocycles. The molecular formula is C14H18F2N2O3S. The van der Waals surface area contributed by atoms with E-state index in [9.17, 15) is 22.0 Å². The summed E-state index contributed by atoms with van der Waals surface area (Å²) in [4.78, 5) is 13.5. The van der Waals surface area contributed by atoms with Gasteiger partial charge in [0.1, 0.15) is 0 Å². The van der Waals surface area contributed by atoms with Crippen molar-refractivity contribution in [3.8, 4) is 0 Å². The highest BCUT2D eigenvalue weighted by atomic mass is 32.2. The molecule has 1 N–H and O–H groups in total. The smallest absolute Gasteiger partial charge is 0.338 e. The van der Waals surface area contributed by atoms with E-state index in [1.807, 2.05) is 7.05 Å². The van der Waals surface area contributed by atoms with E-state index >= 15 is 0 Å². The van der Waals surface area contributed by atoms with Crippen LogP contribution in [-0.4, -0.2) is 51.7 Å². The molecule has 1 aromatic carbocycles. The molecule has 1 amide bonds. The quantitative estimate of drug-likeness (QED) is 0.884. The number of hydrogen-bond acceptors (Lipinski definition) is 4. The monoisotopic (exact) mass is 332 g/mol. The van der Waals surface area contributed by atoms with E-state index in [4.69, 9.17) is 0 Å². The van der Waals surface area contributed by atoms with Crippen molar-refractivity contribution in [1.82, 2.24) is 10.2 Å². The number of nitrogens with one attached hydrogen (secondary N) is 1. The SMILES string of the molecule is CNCC1CCN(C(=O)c2ccc(S(=O)(=O)C(F)F)cc2)C1. The second kappa shape index (κ2) is 6.70. The van der Waals surface area contributed by atoms with Gasteiger partial charge < -0.3 is 10.2 Å². The van der Waals surface area contributed by atoms with E-state index in [0.717, 1.165) is 25.1 Å². The summed E-state index contributed by atoms with van der Waals surface area (Å²) >= 11 is 0. The maximum Gasteiger partial charge on any atom is 0.341 e. The zero-order valence-corrected chi connectivity index (χ0v) is 12.9. The number of nitrogens with zero attached hydrogens (tertiary/aromatic N) is 1. The molecule has 5 nitrogen and oxygen atoms in total. The fourth-order valence-corrected chi connectivity index (χ4v) is 3.27. The maximum absolute atomic E-state index is 12.4. The van der Waals surface area contributed by atoms with E-state index in [1.165, 1.54) is 12.1 Å². The van der Waals surface area contributed by atoms with Crippen LogP contribution in [0, 0.1) is 5.92 Å². The highest BCUT2D eigenvalue weighted by Gasteiger charge is 2.28. The standard InChI is InChI=1S/C14H18F2N2O3S/c1-17-8-10-6-7-18(9-10)13(19)11-2-4-12(5-3-11)22(20,21)14(15)16/h2-5,10,14,17H,6-9H2,1H3. The lowest BCUT2D eigenvalue weighted by Crippen LogP contribution is -2.30. The largest absolute Gasteiger partial charge is 0.341 e. The van der Waals surface area contributed by atoms with Crippen molar-refractivity contribution in [3.05, 3.63) is 29.8 Å². The molecule has 0 radical (unpaired) electrons.